The molecule has 0 amide bonds. The maximum absolute atomic E-state index is 6.85. The lowest BCUT2D eigenvalue weighted by atomic mass is 9.82. The predicted octanol–water partition coefficient (Wildman–Crippen LogP) is 18.3. The zero-order chi connectivity index (χ0) is 45.2. The molecule has 14 unspecified atom stereocenters. The Balaban J connectivity index is 1.94. The second-order valence-electron chi connectivity index (χ2n) is 21.4. The van der Waals surface area contributed by atoms with Crippen LogP contribution >= 0.6 is 31.9 Å². The van der Waals surface area contributed by atoms with Crippen molar-refractivity contribution in [3.05, 3.63) is 71.8 Å². The van der Waals surface area contributed by atoms with Crippen LogP contribution in [0.15, 0.2) is 60.7 Å². The number of alkyl halides is 2. The zero-order valence-corrected chi connectivity index (χ0v) is 44.7. The van der Waals surface area contributed by atoms with Gasteiger partial charge < -0.3 is 14.2 Å². The first kappa shape index (κ1) is 56.4. The van der Waals surface area contributed by atoms with Gasteiger partial charge in [0.05, 0.1) is 13.2 Å². The summed E-state index contributed by atoms with van der Waals surface area (Å²) in [4.78, 5) is 1.23. The third-order valence-corrected chi connectivity index (χ3v) is 13.8. The summed E-state index contributed by atoms with van der Waals surface area (Å²) in [5.74, 6) is 7.61. The van der Waals surface area contributed by atoms with Crippen molar-refractivity contribution >= 4 is 31.9 Å². The van der Waals surface area contributed by atoms with Gasteiger partial charge >= 0.3 is 0 Å². The van der Waals surface area contributed by atoms with Crippen LogP contribution in [0.5, 0.6) is 0 Å². The Morgan fingerprint density at radius 3 is 0.885 bits per heavy atom. The summed E-state index contributed by atoms with van der Waals surface area (Å²) in [6.45, 7) is 30.3. The molecule has 5 heteroatoms. The molecule has 0 aromatic heterocycles. The van der Waals surface area contributed by atoms with E-state index in [-0.39, 0.29) is 12.6 Å². The summed E-state index contributed by atoms with van der Waals surface area (Å²) in [6, 6.07) is 21.1. The highest BCUT2D eigenvalue weighted by molar-refractivity contribution is 9.09. The monoisotopic (exact) mass is 975 g/mol. The molecule has 0 heterocycles. The average molecular weight is 977 g/mol. The van der Waals surface area contributed by atoms with E-state index >= 15 is 0 Å². The lowest BCUT2D eigenvalue weighted by Crippen LogP contribution is -2.27. The summed E-state index contributed by atoms with van der Waals surface area (Å²) in [5, 5.41) is 0. The number of rotatable bonds is 36. The molecule has 3 nitrogen and oxygen atoms in total. The molecule has 0 saturated carbocycles. The molecule has 352 valence electrons. The van der Waals surface area contributed by atoms with Gasteiger partial charge in [-0.05, 0) is 160 Å². The largest absolute Gasteiger partial charge is 0.348 e. The van der Waals surface area contributed by atoms with Crippen LogP contribution in [0.4, 0.5) is 0 Å². The van der Waals surface area contributed by atoms with Gasteiger partial charge in [-0.25, -0.2) is 0 Å². The van der Waals surface area contributed by atoms with Crippen LogP contribution < -0.4 is 0 Å². The molecule has 0 aliphatic rings. The van der Waals surface area contributed by atoms with E-state index in [1.54, 1.807) is 0 Å². The minimum atomic E-state index is -0.297. The third kappa shape index (κ3) is 29.4. The predicted molar refractivity (Wildman–Crippen MR) is 273 cm³/mol. The SMILES string of the molecule is CC(Br)CC(C)CC(C)CC(C)CC(C)CC(C)CCCC(OCc1ccccc1)OC(CCCC(C)CC(C)CC(C)CC(C)CC(C)CC(C)Br)OCc1ccccc1. The quantitative estimate of drug-likeness (QED) is 0.0503. The second-order valence-corrected chi connectivity index (χ2v) is 24.5. The van der Waals surface area contributed by atoms with E-state index in [2.05, 4.69) is 176 Å². The van der Waals surface area contributed by atoms with Gasteiger partial charge in [-0.15, -0.1) is 0 Å². The van der Waals surface area contributed by atoms with Gasteiger partial charge in [0, 0.05) is 9.65 Å². The van der Waals surface area contributed by atoms with Crippen molar-refractivity contribution in [2.45, 2.75) is 221 Å². The van der Waals surface area contributed by atoms with E-state index in [0.717, 1.165) is 73.0 Å². The standard InChI is InChI=1S/C56H96Br2O3/c1-41(29-43(3)31-45(5)33-47(7)35-49(9)37-51(11)57)21-19-27-55(59-39-53-23-15-13-16-24-53)61-56(60-40-54-25-17-14-18-26-54)28-20-22-42(2)30-44(4)32-46(6)34-48(8)36-50(10)38-52(12)58/h13-18,23-26,41-52,55-56H,19-22,27-40H2,1-12H3. The molecule has 2 rings (SSSR count). The van der Waals surface area contributed by atoms with Gasteiger partial charge in [0.2, 0.25) is 0 Å². The highest BCUT2D eigenvalue weighted by Crippen LogP contribution is 2.32. The molecule has 0 aliphatic heterocycles. The lowest BCUT2D eigenvalue weighted by Gasteiger charge is -2.27. The fourth-order valence-corrected chi connectivity index (χ4v) is 12.2. The number of halogens is 2. The Labute approximate surface area is 396 Å². The van der Waals surface area contributed by atoms with E-state index in [1.165, 1.54) is 88.2 Å². The molecule has 0 aliphatic carbocycles. The molecule has 0 saturated heterocycles. The van der Waals surface area contributed by atoms with Crippen molar-refractivity contribution in [3.8, 4) is 0 Å². The molecular weight excluding hydrogens is 880 g/mol. The van der Waals surface area contributed by atoms with Crippen molar-refractivity contribution in [1.82, 2.24) is 0 Å². The molecule has 2 aromatic carbocycles. The van der Waals surface area contributed by atoms with Crippen molar-refractivity contribution in [2.24, 2.45) is 59.2 Å². The molecular formula is C56H96Br2O3. The van der Waals surface area contributed by atoms with E-state index in [9.17, 15) is 0 Å². The highest BCUT2D eigenvalue weighted by Gasteiger charge is 2.22. The minimum Gasteiger partial charge on any atom is -0.348 e. The van der Waals surface area contributed by atoms with Crippen LogP contribution in [0, 0.1) is 59.2 Å². The summed E-state index contributed by atoms with van der Waals surface area (Å²) in [7, 11) is 0. The highest BCUT2D eigenvalue weighted by atomic mass is 79.9. The van der Waals surface area contributed by atoms with E-state index < -0.39 is 0 Å². The van der Waals surface area contributed by atoms with Crippen molar-refractivity contribution < 1.29 is 14.2 Å². The van der Waals surface area contributed by atoms with Gasteiger partial charge in [0.1, 0.15) is 0 Å². The Hall–Kier alpha value is -0.720. The summed E-state index contributed by atoms with van der Waals surface area (Å²) in [5.41, 5.74) is 2.36. The number of ether oxygens (including phenoxy) is 3. The Kier molecular flexibility index (Phi) is 30.4. The topological polar surface area (TPSA) is 27.7 Å². The minimum absolute atomic E-state index is 0.297. The molecule has 61 heavy (non-hydrogen) atoms. The summed E-state index contributed by atoms with van der Waals surface area (Å²) >= 11 is 7.51. The first-order valence-electron chi connectivity index (χ1n) is 25.2. The van der Waals surface area contributed by atoms with Gasteiger partial charge in [0.25, 0.3) is 0 Å². The van der Waals surface area contributed by atoms with Gasteiger partial charge in [0.15, 0.2) is 12.6 Å². The van der Waals surface area contributed by atoms with Crippen LogP contribution in [0.2, 0.25) is 0 Å². The molecule has 14 atom stereocenters. The maximum Gasteiger partial charge on any atom is 0.161 e. The average Bonchev–Trinajstić information content (AvgIpc) is 3.15. The Bertz CT molecular complexity index is 1210. The zero-order valence-electron chi connectivity index (χ0n) is 41.6. The van der Waals surface area contributed by atoms with E-state index in [0.29, 0.717) is 34.7 Å². The normalized spacial score (nSPS) is 19.1. The summed E-state index contributed by atoms with van der Waals surface area (Å²) in [6.07, 6.45) is 18.9. The third-order valence-electron chi connectivity index (χ3n) is 13.0. The molecule has 0 N–H and O–H groups in total. The first-order chi connectivity index (χ1) is 29.0. The molecule has 0 radical (unpaired) electrons. The van der Waals surface area contributed by atoms with Crippen LogP contribution in [-0.2, 0) is 27.4 Å². The fraction of sp³-hybridized carbons (Fsp3) is 0.786. The number of benzene rings is 2. The van der Waals surface area contributed by atoms with E-state index in [1.807, 2.05) is 0 Å². The summed E-state index contributed by atoms with van der Waals surface area (Å²) < 4.78 is 20.0. The molecule has 0 spiro atoms. The van der Waals surface area contributed by atoms with Gasteiger partial charge in [-0.3, -0.25) is 0 Å². The van der Waals surface area contributed by atoms with Crippen molar-refractivity contribution in [1.29, 1.82) is 0 Å². The smallest absolute Gasteiger partial charge is 0.161 e. The molecule has 2 aromatic rings. The maximum atomic E-state index is 6.85. The van der Waals surface area contributed by atoms with Crippen LogP contribution in [0.1, 0.15) is 197 Å². The van der Waals surface area contributed by atoms with Crippen LogP contribution in [-0.4, -0.2) is 22.2 Å². The lowest BCUT2D eigenvalue weighted by molar-refractivity contribution is -0.257. The second kappa shape index (κ2) is 32.9. The van der Waals surface area contributed by atoms with E-state index in [4.69, 9.17) is 14.2 Å². The Morgan fingerprint density at radius 1 is 0.344 bits per heavy atom. The van der Waals surface area contributed by atoms with Crippen LogP contribution in [0.3, 0.4) is 0 Å². The Morgan fingerprint density at radius 2 is 0.607 bits per heavy atom. The van der Waals surface area contributed by atoms with Crippen molar-refractivity contribution in [3.63, 3.8) is 0 Å². The van der Waals surface area contributed by atoms with Gasteiger partial charge in [-0.2, -0.15) is 0 Å². The van der Waals surface area contributed by atoms with Crippen molar-refractivity contribution in [2.75, 3.05) is 0 Å². The van der Waals surface area contributed by atoms with Gasteiger partial charge in [-0.1, -0.05) is 188 Å². The first-order valence-corrected chi connectivity index (χ1v) is 27.0. The number of hydrogen-bond acceptors (Lipinski definition) is 3. The fourth-order valence-electron chi connectivity index (χ4n) is 11.0. The molecule has 0 bridgehead atoms. The van der Waals surface area contributed by atoms with Crippen LogP contribution in [0.25, 0.3) is 0 Å². The number of hydrogen-bond donors (Lipinski definition) is 0. The molecule has 0 fully saturated rings.